The fraction of sp³-hybridized carbons (Fsp3) is 0.0667. The van der Waals surface area contributed by atoms with Gasteiger partial charge in [-0.2, -0.15) is 13.2 Å². The molecule has 16 aromatic rings. The number of carbonyl (C=O) groups excluding carboxylic acids is 4. The molecule has 43 heteroatoms. The van der Waals surface area contributed by atoms with Gasteiger partial charge in [-0.3, -0.25) is 19.2 Å². The summed E-state index contributed by atoms with van der Waals surface area (Å²) in [4.78, 5) is 86.9. The topological polar surface area (TPSA) is 502 Å². The molecule has 0 fully saturated rings. The molecule has 4 aromatic heterocycles. The number of nitrogens with one attached hydrogen (secondary N) is 5. The van der Waals surface area contributed by atoms with Crippen molar-refractivity contribution in [3.63, 3.8) is 0 Å². The Morgan fingerprint density at radius 3 is 0.962 bits per heavy atom. The van der Waals surface area contributed by atoms with E-state index >= 15 is 0 Å². The molecule has 133 heavy (non-hydrogen) atoms. The van der Waals surface area contributed by atoms with Crippen LogP contribution in [0, 0.1) is 25.5 Å². The van der Waals surface area contributed by atoms with Gasteiger partial charge in [0, 0.05) is 28.8 Å². The number of hydrogen-bond acceptors (Lipinski definition) is 26. The molecule has 0 saturated heterocycles. The van der Waals surface area contributed by atoms with Gasteiger partial charge in [-0.1, -0.05) is 91.0 Å². The molecule has 0 aliphatic carbocycles. The van der Waals surface area contributed by atoms with Crippen LogP contribution >= 0.6 is 0 Å². The monoisotopic (exact) mass is 1890 g/mol. The number of ether oxygens (including phenoxy) is 6. The highest BCUT2D eigenvalue weighted by atomic mass is 32.2. The number of rotatable bonds is 24. The van der Waals surface area contributed by atoms with Gasteiger partial charge < -0.3 is 49.7 Å². The van der Waals surface area contributed by atoms with E-state index in [1.807, 2.05) is 12.1 Å². The van der Waals surface area contributed by atoms with Crippen LogP contribution in [-0.4, -0.2) is 124 Å². The number of benzene rings is 12. The molecule has 12 aromatic carbocycles. The molecule has 0 bridgehead atoms. The minimum absolute atomic E-state index is 0.0144. The first-order valence-electron chi connectivity index (χ1n) is 38.7. The number of alkyl halides is 3. The summed E-state index contributed by atoms with van der Waals surface area (Å²) in [7, 11) is -12.9. The Bertz CT molecular complexity index is 7680. The zero-order valence-corrected chi connectivity index (χ0v) is 72.7. The van der Waals surface area contributed by atoms with E-state index in [1.165, 1.54) is 154 Å². The molecule has 4 amide bonds. The normalized spacial score (nSPS) is 11.4. The minimum atomic E-state index is -4.49. The highest BCUT2D eigenvalue weighted by molar-refractivity contribution is 7.90. The van der Waals surface area contributed by atoms with Gasteiger partial charge in [0.25, 0.3) is 47.1 Å². The van der Waals surface area contributed by atoms with Crippen LogP contribution in [0.5, 0.6) is 58.0 Å². The van der Waals surface area contributed by atoms with E-state index in [-0.39, 0.29) is 112 Å². The number of nitrogens with two attached hydrogens (primary N) is 3. The van der Waals surface area contributed by atoms with E-state index in [2.05, 4.69) is 65.9 Å². The van der Waals surface area contributed by atoms with Crippen molar-refractivity contribution in [1.29, 1.82) is 0 Å². The van der Waals surface area contributed by atoms with Crippen molar-refractivity contribution in [3.8, 4) is 58.0 Å². The number of methoxy groups -OCH3 is 1. The van der Waals surface area contributed by atoms with Gasteiger partial charge in [-0.25, -0.2) is 102 Å². The van der Waals surface area contributed by atoms with Gasteiger partial charge in [0.1, 0.15) is 34.6 Å². The van der Waals surface area contributed by atoms with E-state index in [1.54, 1.807) is 135 Å². The third-order valence-electron chi connectivity index (χ3n) is 18.3. The van der Waals surface area contributed by atoms with Crippen molar-refractivity contribution in [1.82, 2.24) is 44.6 Å². The maximum atomic E-state index is 13.6. The number of para-hydroxylation sites is 9. The second-order valence-corrected chi connectivity index (χ2v) is 34.6. The predicted molar refractivity (Wildman–Crippen MR) is 480 cm³/mol. The molecule has 0 aliphatic heterocycles. The number of amides is 4. The summed E-state index contributed by atoms with van der Waals surface area (Å²) in [6.07, 6.45) is -4.49. The average Bonchev–Trinajstić information content (AvgIpc) is 0.801. The van der Waals surface area contributed by atoms with E-state index in [4.69, 9.17) is 43.8 Å². The Kier molecular flexibility index (Phi) is 29.0. The first-order chi connectivity index (χ1) is 63.3. The van der Waals surface area contributed by atoms with Gasteiger partial charge in [-0.05, 0) is 214 Å². The summed E-state index contributed by atoms with van der Waals surface area (Å²) in [6.45, 7) is 1.80. The van der Waals surface area contributed by atoms with Crippen LogP contribution in [0.3, 0.4) is 0 Å². The maximum Gasteiger partial charge on any atom is 0.422 e. The lowest BCUT2D eigenvalue weighted by molar-refractivity contribution is -0.153. The van der Waals surface area contributed by atoms with Gasteiger partial charge in [0.15, 0.2) is 40.9 Å². The molecular weight excluding hydrogens is 1820 g/mol. The van der Waals surface area contributed by atoms with Crippen molar-refractivity contribution in [2.45, 2.75) is 39.6 Å². The Balaban J connectivity index is 0.000000151. The quantitative estimate of drug-likeness (QED) is 0.0260. The number of hydrogen-bond donors (Lipinski definition) is 8. The Morgan fingerprint density at radius 1 is 0.331 bits per heavy atom. The molecule has 0 atom stereocenters. The highest BCUT2D eigenvalue weighted by Crippen LogP contribution is 2.37. The molecule has 16 rings (SSSR count). The van der Waals surface area contributed by atoms with E-state index < -0.39 is 88.1 Å². The SMILES string of the molecule is CNS(=O)(=O)c1cccc(NC(=O)c2nc3ccccc3nc2Oc2ccc(F)cc2OC)c1.Cc1cc(F)ccc1Oc1nc2ccccc2nc1C(=O)Nc1cccc(S(N)(=O)=O)c1.Cc1cc(OCC(F)(F)F)ccc1Oc1nc2ccccc2nc1C(=O)Nc1cccc(S(N)(=O)=O)c1.NS(=O)(=O)c1cccc(NC(=O)c2nc3ccccc3nc2Oc2ccccc2)c1. The Hall–Kier alpha value is -16.0. The zero-order valence-electron chi connectivity index (χ0n) is 69.4. The van der Waals surface area contributed by atoms with Gasteiger partial charge in [-0.15, -0.1) is 0 Å². The fourth-order valence-corrected chi connectivity index (χ4v) is 14.5. The van der Waals surface area contributed by atoms with Crippen LogP contribution in [0.2, 0.25) is 0 Å². The summed E-state index contributed by atoms with van der Waals surface area (Å²) in [5.74, 6) is -2.82. The number of halogens is 5. The van der Waals surface area contributed by atoms with Crippen LogP contribution in [0.25, 0.3) is 44.1 Å². The van der Waals surface area contributed by atoms with Gasteiger partial charge in [0.05, 0.1) is 70.8 Å². The van der Waals surface area contributed by atoms with Crippen LogP contribution in [0.4, 0.5) is 44.7 Å². The molecule has 0 unspecified atom stereocenters. The van der Waals surface area contributed by atoms with Crippen molar-refractivity contribution in [2.75, 3.05) is 42.0 Å². The second kappa shape index (κ2) is 40.7. The highest BCUT2D eigenvalue weighted by Gasteiger charge is 2.30. The molecule has 34 nitrogen and oxygen atoms in total. The van der Waals surface area contributed by atoms with Crippen LogP contribution < -0.4 is 69.8 Å². The van der Waals surface area contributed by atoms with Crippen molar-refractivity contribution in [3.05, 3.63) is 325 Å². The number of carbonyl (C=O) groups is 4. The Morgan fingerprint density at radius 2 is 0.632 bits per heavy atom. The number of aryl methyl sites for hydroxylation is 2. The van der Waals surface area contributed by atoms with Crippen molar-refractivity contribution < 1.29 is 103 Å². The standard InChI is InChI=1S/C24H19F3N4O5S.C23H19FN4O5S.C22H17FN4O4S.C21H16N4O4S/c1-14-11-16(35-13-24(25,26)27)9-10-20(14)36-23-21(30-18-7-2-3-8-19(18)31-23)22(32)29-15-5-4-6-17(12-15)37(28,33)34;1-25-34(30,31)16-7-5-6-15(13-16)26-22(29)21-23(28-18-9-4-3-8-17(18)27-21)33-19-11-10-14(24)12-20(19)32-2;1-13-11-14(23)9-10-19(13)31-22-20(26-17-7-2-3-8-18(17)27-22)21(28)25-15-5-4-6-16(12-15)32(24,29)30;22-30(27,28)16-10-6-7-14(13-16)23-20(26)19-21(29-15-8-2-1-3-9-15)25-18-12-5-4-11-17(18)24-19/h2-12H,13H2,1H3,(H,29,32)(H2,28,33,34);3-13,25H,1-2H3,(H,26,29);2-12H,1H3,(H,25,28)(H2,24,29,30);1-13H,(H,23,26)(H2,22,27,28). The zero-order chi connectivity index (χ0) is 95.1. The molecular formula is C90H71F5N16O18S4. The second-order valence-electron chi connectivity index (χ2n) is 28.0. The van der Waals surface area contributed by atoms with E-state index in [0.717, 1.165) is 6.07 Å². The number of aromatic nitrogens is 8. The number of nitrogens with zero attached hydrogens (tertiary/aromatic N) is 8. The third kappa shape index (κ3) is 24.9. The van der Waals surface area contributed by atoms with Crippen LogP contribution in [0.15, 0.2) is 299 Å². The Labute approximate surface area is 753 Å². The summed E-state index contributed by atoms with van der Waals surface area (Å²) < 4.78 is 194. The molecule has 0 radical (unpaired) electrons. The van der Waals surface area contributed by atoms with Gasteiger partial charge >= 0.3 is 6.18 Å². The summed E-state index contributed by atoms with van der Waals surface area (Å²) in [6, 6.07) is 70.3. The van der Waals surface area contributed by atoms with Crippen molar-refractivity contribution >= 4 is 131 Å². The average molecular weight is 1890 g/mol. The first kappa shape index (κ1) is 94.6. The smallest absolute Gasteiger partial charge is 0.422 e. The number of primary sulfonamides is 3. The number of anilines is 4. The third-order valence-corrected chi connectivity index (χ3v) is 22.5. The maximum absolute atomic E-state index is 13.6. The number of fused-ring (bicyclic) bond motifs is 4. The van der Waals surface area contributed by atoms with Crippen molar-refractivity contribution in [2.24, 2.45) is 15.4 Å². The van der Waals surface area contributed by atoms with Crippen LogP contribution in [-0.2, 0) is 40.1 Å². The lowest BCUT2D eigenvalue weighted by Gasteiger charge is -2.14. The molecule has 0 spiro atoms. The molecule has 0 aliphatic rings. The van der Waals surface area contributed by atoms with E-state index in [0.29, 0.717) is 66.8 Å². The molecule has 678 valence electrons. The molecule has 4 heterocycles. The van der Waals surface area contributed by atoms with E-state index in [9.17, 15) is 74.8 Å². The number of sulfonamides is 4. The first-order valence-corrected chi connectivity index (χ1v) is 44.8. The lowest BCUT2D eigenvalue weighted by Crippen LogP contribution is -2.19. The fourth-order valence-electron chi connectivity index (χ4n) is 12.0. The van der Waals surface area contributed by atoms with Gasteiger partial charge in [0.2, 0.25) is 40.1 Å². The predicted octanol–water partition coefficient (Wildman–Crippen LogP) is 15.4. The minimum Gasteiger partial charge on any atom is -0.493 e. The summed E-state index contributed by atoms with van der Waals surface area (Å²) >= 11 is 0. The molecule has 11 N–H and O–H groups in total. The largest absolute Gasteiger partial charge is 0.493 e. The summed E-state index contributed by atoms with van der Waals surface area (Å²) in [5.41, 5.74) is 4.94. The van der Waals surface area contributed by atoms with Crippen LogP contribution in [0.1, 0.15) is 53.1 Å². The molecule has 0 saturated carbocycles. The summed E-state index contributed by atoms with van der Waals surface area (Å²) in [5, 5.41) is 25.8. The lowest BCUT2D eigenvalue weighted by atomic mass is 10.2.